The molecule has 0 aliphatic rings. The van der Waals surface area contributed by atoms with Crippen molar-refractivity contribution in [1.82, 2.24) is 5.32 Å². The highest BCUT2D eigenvalue weighted by Gasteiger charge is 2.31. The number of methoxy groups -OCH3 is 2. The lowest BCUT2D eigenvalue weighted by Crippen LogP contribution is -2.41. The maximum absolute atomic E-state index is 13.9. The molecule has 192 valence electrons. The van der Waals surface area contributed by atoms with E-state index in [0.717, 1.165) is 20.3 Å². The molecule has 3 rings (SSSR count). The first-order valence-electron chi connectivity index (χ1n) is 11.0. The molecule has 0 radical (unpaired) electrons. The van der Waals surface area contributed by atoms with Gasteiger partial charge in [0.1, 0.15) is 22.9 Å². The van der Waals surface area contributed by atoms with E-state index in [1.54, 1.807) is 43.0 Å². The number of hydrogen-bond donors (Lipinski definition) is 1. The van der Waals surface area contributed by atoms with Gasteiger partial charge in [0.15, 0.2) is 0 Å². The van der Waals surface area contributed by atoms with Crippen LogP contribution in [0, 0.1) is 6.92 Å². The Balaban J connectivity index is 1.98. The highest BCUT2D eigenvalue weighted by atomic mass is 35.5. The Labute approximate surface area is 221 Å². The molecule has 10 heteroatoms. The van der Waals surface area contributed by atoms with E-state index in [1.165, 1.54) is 26.4 Å². The molecule has 0 heterocycles. The van der Waals surface area contributed by atoms with Gasteiger partial charge in [-0.15, -0.1) is 11.8 Å². The SMILES string of the molecule is COc1ccc(N(CC(=O)N[C@H](C)c2ccc(SC)cc2)S(=O)(=O)c2cc(C)ccc2OC)cc1Cl. The number of rotatable bonds is 10. The zero-order valence-corrected chi connectivity index (χ0v) is 23.1. The van der Waals surface area contributed by atoms with Gasteiger partial charge in [0.2, 0.25) is 5.91 Å². The van der Waals surface area contributed by atoms with E-state index in [-0.39, 0.29) is 27.4 Å². The molecule has 3 aromatic rings. The van der Waals surface area contributed by atoms with Crippen molar-refractivity contribution < 1.29 is 22.7 Å². The van der Waals surface area contributed by atoms with Crippen molar-refractivity contribution >= 4 is 45.0 Å². The van der Waals surface area contributed by atoms with Crippen LogP contribution in [0.5, 0.6) is 11.5 Å². The predicted octanol–water partition coefficient (Wildman–Crippen LogP) is 5.46. The molecule has 3 aromatic carbocycles. The Morgan fingerprint density at radius 2 is 1.67 bits per heavy atom. The van der Waals surface area contributed by atoms with Crippen LogP contribution in [-0.2, 0) is 14.8 Å². The summed E-state index contributed by atoms with van der Waals surface area (Å²) in [5, 5.41) is 3.11. The number of ether oxygens (including phenoxy) is 2. The van der Waals surface area contributed by atoms with E-state index in [0.29, 0.717) is 5.75 Å². The first kappa shape index (κ1) is 27.7. The number of carbonyl (C=O) groups excluding carboxylic acids is 1. The van der Waals surface area contributed by atoms with Crippen LogP contribution in [0.25, 0.3) is 0 Å². The summed E-state index contributed by atoms with van der Waals surface area (Å²) in [4.78, 5) is 14.2. The van der Waals surface area contributed by atoms with Gasteiger partial charge in [-0.3, -0.25) is 9.10 Å². The lowest BCUT2D eigenvalue weighted by atomic mass is 10.1. The summed E-state index contributed by atoms with van der Waals surface area (Å²) >= 11 is 7.93. The molecule has 36 heavy (non-hydrogen) atoms. The van der Waals surface area contributed by atoms with Gasteiger partial charge in [-0.2, -0.15) is 0 Å². The molecule has 0 aromatic heterocycles. The topological polar surface area (TPSA) is 84.9 Å². The third kappa shape index (κ3) is 6.27. The molecule has 0 fully saturated rings. The number of halogens is 1. The van der Waals surface area contributed by atoms with Crippen molar-refractivity contribution in [2.24, 2.45) is 0 Å². The summed E-state index contributed by atoms with van der Waals surface area (Å²) in [6, 6.07) is 16.9. The molecule has 0 aliphatic heterocycles. The number of nitrogens with zero attached hydrogens (tertiary/aromatic N) is 1. The minimum atomic E-state index is -4.21. The fraction of sp³-hybridized carbons (Fsp3) is 0.269. The van der Waals surface area contributed by atoms with Crippen molar-refractivity contribution in [2.45, 2.75) is 29.7 Å². The van der Waals surface area contributed by atoms with Crippen LogP contribution in [0.3, 0.4) is 0 Å². The fourth-order valence-corrected chi connectivity index (χ4v) is 5.94. The number of nitrogens with one attached hydrogen (secondary N) is 1. The van der Waals surface area contributed by atoms with Crippen molar-refractivity contribution in [1.29, 1.82) is 0 Å². The van der Waals surface area contributed by atoms with Crippen molar-refractivity contribution in [3.8, 4) is 11.5 Å². The predicted molar refractivity (Wildman–Crippen MR) is 145 cm³/mol. The molecule has 0 bridgehead atoms. The zero-order chi connectivity index (χ0) is 26.5. The Bertz CT molecular complexity index is 1330. The molecular weight excluding hydrogens is 520 g/mol. The monoisotopic (exact) mass is 548 g/mol. The van der Waals surface area contributed by atoms with Crippen LogP contribution in [0.1, 0.15) is 24.1 Å². The summed E-state index contributed by atoms with van der Waals surface area (Å²) in [6.45, 7) is 3.16. The molecule has 0 aliphatic carbocycles. The number of thioether (sulfide) groups is 1. The summed E-state index contributed by atoms with van der Waals surface area (Å²) in [5.74, 6) is 0.0871. The third-order valence-corrected chi connectivity index (χ3v) is 8.43. The molecule has 0 unspecified atom stereocenters. The third-order valence-electron chi connectivity index (χ3n) is 5.59. The number of sulfonamides is 1. The van der Waals surface area contributed by atoms with Gasteiger partial charge in [0, 0.05) is 4.90 Å². The van der Waals surface area contributed by atoms with E-state index in [4.69, 9.17) is 21.1 Å². The molecule has 7 nitrogen and oxygen atoms in total. The van der Waals surface area contributed by atoms with Crippen LogP contribution in [0.15, 0.2) is 70.5 Å². The second-order valence-electron chi connectivity index (χ2n) is 8.05. The summed E-state index contributed by atoms with van der Waals surface area (Å²) < 4.78 is 39.3. The number of aryl methyl sites for hydroxylation is 1. The Kier molecular flexibility index (Phi) is 9.16. The van der Waals surface area contributed by atoms with Gasteiger partial charge in [0.25, 0.3) is 10.0 Å². The first-order chi connectivity index (χ1) is 17.1. The van der Waals surface area contributed by atoms with Gasteiger partial charge < -0.3 is 14.8 Å². The van der Waals surface area contributed by atoms with Crippen LogP contribution in [0.2, 0.25) is 5.02 Å². The molecular formula is C26H29ClN2O5S2. The van der Waals surface area contributed by atoms with Gasteiger partial charge >= 0.3 is 0 Å². The number of benzene rings is 3. The molecule has 1 atom stereocenters. The lowest BCUT2D eigenvalue weighted by Gasteiger charge is -2.26. The maximum atomic E-state index is 13.9. The van der Waals surface area contributed by atoms with Crippen LogP contribution in [-0.4, -0.2) is 41.3 Å². The molecule has 1 N–H and O–H groups in total. The zero-order valence-electron chi connectivity index (χ0n) is 20.7. The molecule has 0 spiro atoms. The van der Waals surface area contributed by atoms with Crippen molar-refractivity contribution in [3.05, 3.63) is 76.8 Å². The maximum Gasteiger partial charge on any atom is 0.268 e. The van der Waals surface area contributed by atoms with Gasteiger partial charge in [-0.1, -0.05) is 29.8 Å². The Hall–Kier alpha value is -2.88. The lowest BCUT2D eigenvalue weighted by molar-refractivity contribution is -0.120. The van der Waals surface area contributed by atoms with Gasteiger partial charge in [0.05, 0.1) is 31.0 Å². The average molecular weight is 549 g/mol. The normalized spacial score (nSPS) is 12.1. The second-order valence-corrected chi connectivity index (χ2v) is 11.2. The van der Waals surface area contributed by atoms with Crippen molar-refractivity contribution in [3.63, 3.8) is 0 Å². The molecule has 1 amide bonds. The Morgan fingerprint density at radius 1 is 1.03 bits per heavy atom. The fourth-order valence-electron chi connectivity index (χ4n) is 3.62. The summed E-state index contributed by atoms with van der Waals surface area (Å²) in [7, 11) is -1.35. The number of amides is 1. The van der Waals surface area contributed by atoms with E-state index in [9.17, 15) is 13.2 Å². The van der Waals surface area contributed by atoms with Crippen molar-refractivity contribution in [2.75, 3.05) is 31.3 Å². The van der Waals surface area contributed by atoms with E-state index >= 15 is 0 Å². The second kappa shape index (κ2) is 11.9. The summed E-state index contributed by atoms with van der Waals surface area (Å²) in [5.41, 5.74) is 1.86. The van der Waals surface area contributed by atoms with Crippen LogP contribution < -0.4 is 19.1 Å². The standard InChI is InChI=1S/C26H29ClN2O5S2/c1-17-6-12-24(34-4)25(14-17)36(31,32)29(20-9-13-23(33-3)22(27)15-20)16-26(30)28-18(2)19-7-10-21(35-5)11-8-19/h6-15,18H,16H2,1-5H3,(H,28,30)/t18-/m1/s1. The van der Waals surface area contributed by atoms with Crippen LogP contribution in [0.4, 0.5) is 5.69 Å². The largest absolute Gasteiger partial charge is 0.495 e. The first-order valence-corrected chi connectivity index (χ1v) is 14.1. The van der Waals surface area contributed by atoms with E-state index in [1.807, 2.05) is 37.4 Å². The highest BCUT2D eigenvalue weighted by Crippen LogP contribution is 2.34. The van der Waals surface area contributed by atoms with E-state index < -0.39 is 22.5 Å². The minimum absolute atomic E-state index is 0.0505. The molecule has 0 saturated heterocycles. The van der Waals surface area contributed by atoms with E-state index in [2.05, 4.69) is 5.32 Å². The quantitative estimate of drug-likeness (QED) is 0.339. The number of anilines is 1. The highest BCUT2D eigenvalue weighted by molar-refractivity contribution is 7.98. The molecule has 0 saturated carbocycles. The van der Waals surface area contributed by atoms with Gasteiger partial charge in [-0.05, 0) is 73.7 Å². The number of carbonyl (C=O) groups is 1. The smallest absolute Gasteiger partial charge is 0.268 e. The minimum Gasteiger partial charge on any atom is -0.495 e. The number of hydrogen-bond acceptors (Lipinski definition) is 6. The Morgan fingerprint density at radius 3 is 2.25 bits per heavy atom. The summed E-state index contributed by atoms with van der Waals surface area (Å²) in [6.07, 6.45) is 1.99. The average Bonchev–Trinajstić information content (AvgIpc) is 2.87. The van der Waals surface area contributed by atoms with Crippen LogP contribution >= 0.6 is 23.4 Å². The van der Waals surface area contributed by atoms with Gasteiger partial charge in [-0.25, -0.2) is 8.42 Å².